The van der Waals surface area contributed by atoms with Crippen LogP contribution in [-0.4, -0.2) is 22.1 Å². The summed E-state index contributed by atoms with van der Waals surface area (Å²) >= 11 is 0. The fourth-order valence-corrected chi connectivity index (χ4v) is 3.87. The Bertz CT molecular complexity index is 1030. The minimum absolute atomic E-state index is 0.00889. The summed E-state index contributed by atoms with van der Waals surface area (Å²) in [6.07, 6.45) is 0.755. The van der Waals surface area contributed by atoms with Gasteiger partial charge in [-0.3, -0.25) is 0 Å². The van der Waals surface area contributed by atoms with Crippen LogP contribution in [0.4, 0.5) is 0 Å². The van der Waals surface area contributed by atoms with Crippen LogP contribution in [0.5, 0.6) is 17.2 Å². The molecular formula is C22H22O5S. The van der Waals surface area contributed by atoms with Gasteiger partial charge in [0, 0.05) is 12.5 Å². The topological polar surface area (TPSA) is 61.8 Å². The van der Waals surface area contributed by atoms with E-state index >= 15 is 0 Å². The fraction of sp³-hybridized carbons (Fsp3) is 0.182. The van der Waals surface area contributed by atoms with Gasteiger partial charge in [-0.05, 0) is 42.3 Å². The van der Waals surface area contributed by atoms with Crippen LogP contribution >= 0.6 is 0 Å². The van der Waals surface area contributed by atoms with E-state index in [0.717, 1.165) is 12.0 Å². The number of hydrogen-bond acceptors (Lipinski definition) is 5. The molecule has 3 rings (SSSR count). The minimum atomic E-state index is -4.04. The molecule has 28 heavy (non-hydrogen) atoms. The van der Waals surface area contributed by atoms with E-state index in [9.17, 15) is 8.42 Å². The first-order valence-corrected chi connectivity index (χ1v) is 10.2. The Morgan fingerprint density at radius 1 is 0.857 bits per heavy atom. The van der Waals surface area contributed by atoms with Gasteiger partial charge in [0.25, 0.3) is 0 Å². The van der Waals surface area contributed by atoms with Gasteiger partial charge >= 0.3 is 10.1 Å². The lowest BCUT2D eigenvalue weighted by Gasteiger charge is -2.12. The molecule has 0 aliphatic rings. The van der Waals surface area contributed by atoms with Crippen molar-refractivity contribution in [1.29, 1.82) is 0 Å². The van der Waals surface area contributed by atoms with Crippen LogP contribution in [0.2, 0.25) is 0 Å². The highest BCUT2D eigenvalue weighted by Gasteiger charge is 2.22. The van der Waals surface area contributed by atoms with Crippen molar-refractivity contribution in [2.75, 3.05) is 13.7 Å². The van der Waals surface area contributed by atoms with Crippen molar-refractivity contribution >= 4 is 10.1 Å². The first-order chi connectivity index (χ1) is 13.5. The first-order valence-electron chi connectivity index (χ1n) is 8.84. The normalized spacial score (nSPS) is 11.1. The Kier molecular flexibility index (Phi) is 6.21. The number of aryl methyl sites for hydroxylation is 1. The summed E-state index contributed by atoms with van der Waals surface area (Å²) in [7, 11) is -2.62. The summed E-state index contributed by atoms with van der Waals surface area (Å²) < 4.78 is 41.6. The monoisotopic (exact) mass is 398 g/mol. The maximum absolute atomic E-state index is 12.7. The number of ether oxygens (including phenoxy) is 2. The molecule has 0 aliphatic carbocycles. The molecule has 0 aromatic heterocycles. The second kappa shape index (κ2) is 8.80. The predicted molar refractivity (Wildman–Crippen MR) is 108 cm³/mol. The molecule has 0 heterocycles. The fourth-order valence-electron chi connectivity index (χ4n) is 2.70. The molecule has 3 aromatic carbocycles. The Hall–Kier alpha value is -2.99. The molecule has 5 nitrogen and oxygen atoms in total. The van der Waals surface area contributed by atoms with E-state index in [1.807, 2.05) is 30.3 Å². The summed E-state index contributed by atoms with van der Waals surface area (Å²) in [6, 6.07) is 21.5. The molecule has 0 N–H and O–H groups in total. The van der Waals surface area contributed by atoms with Gasteiger partial charge in [0.15, 0.2) is 0 Å². The van der Waals surface area contributed by atoms with Crippen molar-refractivity contribution in [2.45, 2.75) is 18.2 Å². The summed E-state index contributed by atoms with van der Waals surface area (Å²) in [5.41, 5.74) is 1.96. The highest BCUT2D eigenvalue weighted by Crippen LogP contribution is 2.29. The van der Waals surface area contributed by atoms with Gasteiger partial charge in [-0.15, -0.1) is 0 Å². The summed E-state index contributed by atoms with van der Waals surface area (Å²) in [4.78, 5) is -0.00889. The molecule has 0 aliphatic heterocycles. The lowest BCUT2D eigenvalue weighted by Crippen LogP contribution is -2.11. The second-order valence-electron chi connectivity index (χ2n) is 6.25. The Balaban J connectivity index is 1.71. The largest absolute Gasteiger partial charge is 0.495 e. The Morgan fingerprint density at radius 3 is 2.36 bits per heavy atom. The Labute approximate surface area is 165 Å². The Morgan fingerprint density at radius 2 is 1.61 bits per heavy atom. The van der Waals surface area contributed by atoms with Crippen molar-refractivity contribution in [2.24, 2.45) is 0 Å². The van der Waals surface area contributed by atoms with E-state index in [4.69, 9.17) is 13.7 Å². The zero-order chi connectivity index (χ0) is 20.0. The van der Waals surface area contributed by atoms with Gasteiger partial charge in [0.1, 0.15) is 22.1 Å². The average Bonchev–Trinajstić information content (AvgIpc) is 2.69. The van der Waals surface area contributed by atoms with E-state index < -0.39 is 10.1 Å². The van der Waals surface area contributed by atoms with Gasteiger partial charge in [0.05, 0.1) is 13.7 Å². The molecule has 0 saturated heterocycles. The SMILES string of the molecule is COc1ccc(C)cc1S(=O)(=O)Oc1cccc(OCCc2ccccc2)c1. The quantitative estimate of drug-likeness (QED) is 0.527. The number of hydrogen-bond donors (Lipinski definition) is 0. The van der Waals surface area contributed by atoms with Crippen molar-refractivity contribution in [3.05, 3.63) is 83.9 Å². The van der Waals surface area contributed by atoms with Crippen molar-refractivity contribution < 1.29 is 22.1 Å². The third-order valence-corrected chi connectivity index (χ3v) is 5.37. The van der Waals surface area contributed by atoms with Gasteiger partial charge in [0.2, 0.25) is 0 Å². The van der Waals surface area contributed by atoms with E-state index in [-0.39, 0.29) is 16.4 Å². The van der Waals surface area contributed by atoms with Crippen LogP contribution in [0.3, 0.4) is 0 Å². The van der Waals surface area contributed by atoms with Crippen LogP contribution in [0.25, 0.3) is 0 Å². The molecule has 0 fully saturated rings. The second-order valence-corrected chi connectivity index (χ2v) is 7.77. The van der Waals surface area contributed by atoms with Crippen LogP contribution < -0.4 is 13.7 Å². The molecular weight excluding hydrogens is 376 g/mol. The highest BCUT2D eigenvalue weighted by atomic mass is 32.2. The van der Waals surface area contributed by atoms with Crippen LogP contribution in [0.1, 0.15) is 11.1 Å². The molecule has 3 aromatic rings. The summed E-state index contributed by atoms with van der Waals surface area (Å²) in [5, 5.41) is 0. The molecule has 6 heteroatoms. The van der Waals surface area contributed by atoms with Crippen molar-refractivity contribution in [3.63, 3.8) is 0 Å². The molecule has 0 amide bonds. The third kappa shape index (κ3) is 5.04. The van der Waals surface area contributed by atoms with E-state index in [1.54, 1.807) is 43.3 Å². The molecule has 0 radical (unpaired) electrons. The summed E-state index contributed by atoms with van der Waals surface area (Å²) in [6.45, 7) is 2.28. The van der Waals surface area contributed by atoms with Crippen LogP contribution in [0, 0.1) is 6.92 Å². The lowest BCUT2D eigenvalue weighted by molar-refractivity contribution is 0.321. The zero-order valence-electron chi connectivity index (χ0n) is 15.8. The maximum atomic E-state index is 12.7. The standard InChI is InChI=1S/C22H22O5S/c1-17-11-12-21(25-2)22(15-17)28(23,24)27-20-10-6-9-19(16-20)26-14-13-18-7-4-3-5-8-18/h3-12,15-16H,13-14H2,1-2H3. The number of benzene rings is 3. The first kappa shape index (κ1) is 19.8. The van der Waals surface area contributed by atoms with E-state index in [0.29, 0.717) is 12.4 Å². The van der Waals surface area contributed by atoms with Crippen molar-refractivity contribution in [1.82, 2.24) is 0 Å². The van der Waals surface area contributed by atoms with E-state index in [1.165, 1.54) is 18.7 Å². The molecule has 0 saturated carbocycles. The maximum Gasteiger partial charge on any atom is 0.342 e. The van der Waals surface area contributed by atoms with Crippen LogP contribution in [-0.2, 0) is 16.5 Å². The highest BCUT2D eigenvalue weighted by molar-refractivity contribution is 7.87. The molecule has 0 unspecified atom stereocenters. The smallest absolute Gasteiger partial charge is 0.342 e. The zero-order valence-corrected chi connectivity index (χ0v) is 16.6. The lowest BCUT2D eigenvalue weighted by atomic mass is 10.2. The average molecular weight is 398 g/mol. The van der Waals surface area contributed by atoms with Gasteiger partial charge in [-0.25, -0.2) is 0 Å². The van der Waals surface area contributed by atoms with Gasteiger partial charge in [-0.1, -0.05) is 42.5 Å². The molecule has 146 valence electrons. The van der Waals surface area contributed by atoms with Gasteiger partial charge in [-0.2, -0.15) is 8.42 Å². The molecule has 0 bridgehead atoms. The van der Waals surface area contributed by atoms with Crippen LogP contribution in [0.15, 0.2) is 77.7 Å². The van der Waals surface area contributed by atoms with Gasteiger partial charge < -0.3 is 13.7 Å². The molecule has 0 spiro atoms. The predicted octanol–water partition coefficient (Wildman–Crippen LogP) is 4.39. The number of methoxy groups -OCH3 is 1. The van der Waals surface area contributed by atoms with Crippen molar-refractivity contribution in [3.8, 4) is 17.2 Å². The molecule has 0 atom stereocenters. The third-order valence-electron chi connectivity index (χ3n) is 4.10. The number of rotatable bonds is 8. The van der Waals surface area contributed by atoms with E-state index in [2.05, 4.69) is 0 Å². The minimum Gasteiger partial charge on any atom is -0.495 e. The summed E-state index contributed by atoms with van der Waals surface area (Å²) in [5.74, 6) is 0.960.